The van der Waals surface area contributed by atoms with E-state index in [1.807, 2.05) is 32.0 Å². The number of anilines is 1. The average Bonchev–Trinajstić information content (AvgIpc) is 3.13. The molecule has 0 fully saturated rings. The molecule has 2 aromatic carbocycles. The number of amides is 1. The monoisotopic (exact) mass is 383 g/mol. The minimum atomic E-state index is -1.01. The largest absolute Gasteiger partial charge is 0.306 e. The first-order valence-electron chi connectivity index (χ1n) is 8.52. The lowest BCUT2D eigenvalue weighted by atomic mass is 10.1. The SMILES string of the molecule is Cc1ccc(-n2nc3c(c2NC(=O)c2ccc(F)cc2)CS(=O)C3)c(C)c1. The zero-order chi connectivity index (χ0) is 19.1. The molecule has 3 aromatic rings. The lowest BCUT2D eigenvalue weighted by Crippen LogP contribution is -2.17. The van der Waals surface area contributed by atoms with Crippen molar-refractivity contribution < 1.29 is 13.4 Å². The van der Waals surface area contributed by atoms with Gasteiger partial charge in [0.2, 0.25) is 0 Å². The molecule has 1 amide bonds. The molecule has 1 aliphatic heterocycles. The van der Waals surface area contributed by atoms with Gasteiger partial charge in [-0.15, -0.1) is 0 Å². The van der Waals surface area contributed by atoms with Crippen molar-refractivity contribution in [1.82, 2.24) is 9.78 Å². The number of benzene rings is 2. The van der Waals surface area contributed by atoms with Crippen LogP contribution in [0.3, 0.4) is 0 Å². The van der Waals surface area contributed by atoms with Crippen molar-refractivity contribution in [2.24, 2.45) is 0 Å². The zero-order valence-electron chi connectivity index (χ0n) is 15.0. The van der Waals surface area contributed by atoms with E-state index in [2.05, 4.69) is 10.4 Å². The Morgan fingerprint density at radius 3 is 2.59 bits per heavy atom. The third kappa shape index (κ3) is 3.30. The van der Waals surface area contributed by atoms with Crippen LogP contribution in [0.15, 0.2) is 42.5 Å². The van der Waals surface area contributed by atoms with Gasteiger partial charge in [-0.1, -0.05) is 17.7 Å². The fourth-order valence-electron chi connectivity index (χ4n) is 3.25. The summed E-state index contributed by atoms with van der Waals surface area (Å²) in [7, 11) is -1.01. The van der Waals surface area contributed by atoms with Gasteiger partial charge in [0.25, 0.3) is 5.91 Å². The Bertz CT molecular complexity index is 1070. The van der Waals surface area contributed by atoms with Crippen molar-refractivity contribution in [3.8, 4) is 5.69 Å². The molecule has 0 saturated heterocycles. The molecule has 0 spiro atoms. The summed E-state index contributed by atoms with van der Waals surface area (Å²) in [5.74, 6) is 0.507. The second-order valence-electron chi connectivity index (χ2n) is 6.67. The molecule has 138 valence electrons. The quantitative estimate of drug-likeness (QED) is 0.751. The molecule has 1 aromatic heterocycles. The third-order valence-corrected chi connectivity index (χ3v) is 5.79. The van der Waals surface area contributed by atoms with E-state index in [9.17, 15) is 13.4 Å². The van der Waals surface area contributed by atoms with Crippen LogP contribution in [-0.4, -0.2) is 19.9 Å². The van der Waals surface area contributed by atoms with E-state index in [1.54, 1.807) is 4.68 Å². The second-order valence-corrected chi connectivity index (χ2v) is 8.12. The molecule has 2 heterocycles. The van der Waals surface area contributed by atoms with Crippen molar-refractivity contribution >= 4 is 22.5 Å². The van der Waals surface area contributed by atoms with Gasteiger partial charge >= 0.3 is 0 Å². The van der Waals surface area contributed by atoms with Gasteiger partial charge in [-0.25, -0.2) is 9.07 Å². The van der Waals surface area contributed by atoms with Crippen LogP contribution in [0.4, 0.5) is 10.2 Å². The molecule has 4 rings (SSSR count). The lowest BCUT2D eigenvalue weighted by Gasteiger charge is -2.13. The Labute approximate surface area is 158 Å². The number of halogens is 1. The van der Waals surface area contributed by atoms with E-state index in [-0.39, 0.29) is 5.91 Å². The fraction of sp³-hybridized carbons (Fsp3) is 0.200. The number of aromatic nitrogens is 2. The minimum absolute atomic E-state index is 0.345. The van der Waals surface area contributed by atoms with E-state index in [0.717, 1.165) is 28.1 Å². The van der Waals surface area contributed by atoms with Crippen LogP contribution in [-0.2, 0) is 22.3 Å². The molecule has 1 N–H and O–H groups in total. The Morgan fingerprint density at radius 2 is 1.89 bits per heavy atom. The Hall–Kier alpha value is -2.80. The molecule has 0 aliphatic carbocycles. The number of nitrogens with one attached hydrogen (secondary N) is 1. The molecule has 7 heteroatoms. The molecular formula is C20H18FN3O2S. The molecule has 0 radical (unpaired) electrons. The van der Waals surface area contributed by atoms with Crippen LogP contribution >= 0.6 is 0 Å². The Kier molecular flexibility index (Phi) is 4.39. The maximum atomic E-state index is 13.1. The van der Waals surface area contributed by atoms with Gasteiger partial charge in [0.15, 0.2) is 0 Å². The first-order chi connectivity index (χ1) is 12.9. The molecule has 1 unspecified atom stereocenters. The Balaban J connectivity index is 1.77. The van der Waals surface area contributed by atoms with Crippen LogP contribution in [0.1, 0.15) is 32.7 Å². The number of nitrogens with zero attached hydrogens (tertiary/aromatic N) is 2. The summed E-state index contributed by atoms with van der Waals surface area (Å²) >= 11 is 0. The van der Waals surface area contributed by atoms with E-state index in [1.165, 1.54) is 24.3 Å². The smallest absolute Gasteiger partial charge is 0.256 e. The van der Waals surface area contributed by atoms with Gasteiger partial charge in [0.1, 0.15) is 11.6 Å². The van der Waals surface area contributed by atoms with Crippen molar-refractivity contribution in [2.75, 3.05) is 5.32 Å². The molecule has 27 heavy (non-hydrogen) atoms. The van der Waals surface area contributed by atoms with Crippen molar-refractivity contribution in [2.45, 2.75) is 25.4 Å². The second kappa shape index (κ2) is 6.74. The minimum Gasteiger partial charge on any atom is -0.306 e. The van der Waals surface area contributed by atoms with Crippen LogP contribution in [0, 0.1) is 19.7 Å². The maximum absolute atomic E-state index is 13.1. The van der Waals surface area contributed by atoms with Gasteiger partial charge in [-0.2, -0.15) is 5.10 Å². The number of fused-ring (bicyclic) bond motifs is 1. The number of hydrogen-bond donors (Lipinski definition) is 1. The summed E-state index contributed by atoms with van der Waals surface area (Å²) in [4.78, 5) is 12.7. The van der Waals surface area contributed by atoms with Gasteiger partial charge in [-0.05, 0) is 49.7 Å². The summed E-state index contributed by atoms with van der Waals surface area (Å²) in [5.41, 5.74) is 4.89. The zero-order valence-corrected chi connectivity index (χ0v) is 15.8. The van der Waals surface area contributed by atoms with Crippen LogP contribution < -0.4 is 5.32 Å². The first kappa shape index (κ1) is 17.6. The molecule has 5 nitrogen and oxygen atoms in total. The summed E-state index contributed by atoms with van der Waals surface area (Å²) in [6.45, 7) is 4.00. The van der Waals surface area contributed by atoms with E-state index in [0.29, 0.717) is 22.9 Å². The van der Waals surface area contributed by atoms with Gasteiger partial charge in [0, 0.05) is 21.9 Å². The number of hydrogen-bond acceptors (Lipinski definition) is 3. The molecular weight excluding hydrogens is 365 g/mol. The van der Waals surface area contributed by atoms with Gasteiger partial charge in [-0.3, -0.25) is 9.00 Å². The highest BCUT2D eigenvalue weighted by Crippen LogP contribution is 2.32. The van der Waals surface area contributed by atoms with E-state index in [4.69, 9.17) is 0 Å². The van der Waals surface area contributed by atoms with Crippen molar-refractivity contribution in [1.29, 1.82) is 0 Å². The van der Waals surface area contributed by atoms with Gasteiger partial charge in [0.05, 0.1) is 22.9 Å². The summed E-state index contributed by atoms with van der Waals surface area (Å²) < 4.78 is 26.8. The number of rotatable bonds is 3. The van der Waals surface area contributed by atoms with Crippen LogP contribution in [0.25, 0.3) is 5.69 Å². The van der Waals surface area contributed by atoms with Crippen LogP contribution in [0.5, 0.6) is 0 Å². The normalized spacial score (nSPS) is 15.6. The Morgan fingerprint density at radius 1 is 1.15 bits per heavy atom. The van der Waals surface area contributed by atoms with E-state index >= 15 is 0 Å². The van der Waals surface area contributed by atoms with Crippen molar-refractivity contribution in [3.05, 3.63) is 76.2 Å². The fourth-order valence-corrected chi connectivity index (χ4v) is 4.52. The third-order valence-electron chi connectivity index (χ3n) is 4.59. The molecule has 0 saturated carbocycles. The summed E-state index contributed by atoms with van der Waals surface area (Å²) in [6.07, 6.45) is 0. The predicted octanol–water partition coefficient (Wildman–Crippen LogP) is 3.64. The summed E-state index contributed by atoms with van der Waals surface area (Å²) in [5, 5.41) is 7.50. The van der Waals surface area contributed by atoms with E-state index < -0.39 is 16.6 Å². The standard InChI is InChI=1S/C20H18FN3O2S/c1-12-3-8-18(13(2)9-12)24-19(16-10-27(26)11-17(16)23-24)22-20(25)14-4-6-15(21)7-5-14/h3-9H,10-11H2,1-2H3,(H,22,25). The highest BCUT2D eigenvalue weighted by molar-refractivity contribution is 7.83. The number of carbonyl (C=O) groups is 1. The highest BCUT2D eigenvalue weighted by Gasteiger charge is 2.28. The molecule has 1 atom stereocenters. The highest BCUT2D eigenvalue weighted by atomic mass is 32.2. The summed E-state index contributed by atoms with van der Waals surface area (Å²) in [6, 6.07) is 11.3. The first-order valence-corrected chi connectivity index (χ1v) is 10.0. The predicted molar refractivity (Wildman–Crippen MR) is 103 cm³/mol. The maximum Gasteiger partial charge on any atom is 0.256 e. The topological polar surface area (TPSA) is 64.0 Å². The lowest BCUT2D eigenvalue weighted by molar-refractivity contribution is 0.102. The average molecular weight is 383 g/mol. The van der Waals surface area contributed by atoms with Crippen molar-refractivity contribution in [3.63, 3.8) is 0 Å². The number of aryl methyl sites for hydroxylation is 2. The van der Waals surface area contributed by atoms with Gasteiger partial charge < -0.3 is 5.32 Å². The molecule has 1 aliphatic rings. The molecule has 0 bridgehead atoms. The van der Waals surface area contributed by atoms with Crippen LogP contribution in [0.2, 0.25) is 0 Å². The number of carbonyl (C=O) groups excluding carboxylic acids is 1.